The molecule has 2 unspecified atom stereocenters. The number of anilines is 1. The molecule has 0 radical (unpaired) electrons. The van der Waals surface area contributed by atoms with Crippen LogP contribution in [-0.2, 0) is 9.59 Å². The van der Waals surface area contributed by atoms with Crippen molar-refractivity contribution in [1.82, 2.24) is 15.5 Å². The average molecular weight is 428 g/mol. The first kappa shape index (κ1) is 21.1. The SMILES string of the molecule is COc1ccc(OC)c(N2CC(C(=O)NC(c3nc(C4CC4)no3)C(C)C)CC2=O)c1. The number of carbonyl (C=O) groups is 2. The molecule has 2 aliphatic rings. The standard InChI is InChI=1S/C22H28N4O5/c1-12(2)19(22-24-20(25-31-22)13-5-6-13)23-21(28)14-9-18(27)26(11-14)16-10-15(29-3)7-8-17(16)30-4/h7-8,10,12-14,19H,5-6,9,11H2,1-4H3,(H,23,28). The summed E-state index contributed by atoms with van der Waals surface area (Å²) in [6, 6.07) is 4.85. The predicted molar refractivity (Wildman–Crippen MR) is 112 cm³/mol. The summed E-state index contributed by atoms with van der Waals surface area (Å²) in [5.74, 6) is 1.89. The third-order valence-corrected chi connectivity index (χ3v) is 5.80. The maximum Gasteiger partial charge on any atom is 0.249 e. The fourth-order valence-corrected chi connectivity index (χ4v) is 3.79. The summed E-state index contributed by atoms with van der Waals surface area (Å²) < 4.78 is 16.1. The van der Waals surface area contributed by atoms with Gasteiger partial charge in [0, 0.05) is 24.9 Å². The minimum absolute atomic E-state index is 0.0585. The number of methoxy groups -OCH3 is 2. The molecule has 9 heteroatoms. The highest BCUT2D eigenvalue weighted by Crippen LogP contribution is 2.39. The predicted octanol–water partition coefficient (Wildman–Crippen LogP) is 2.83. The van der Waals surface area contributed by atoms with Gasteiger partial charge >= 0.3 is 0 Å². The van der Waals surface area contributed by atoms with E-state index in [1.54, 1.807) is 37.3 Å². The van der Waals surface area contributed by atoms with E-state index in [4.69, 9.17) is 14.0 Å². The average Bonchev–Trinajstić information content (AvgIpc) is 3.37. The van der Waals surface area contributed by atoms with Crippen molar-refractivity contribution in [2.45, 2.75) is 45.1 Å². The molecule has 1 N–H and O–H groups in total. The number of nitrogens with zero attached hydrogens (tertiary/aromatic N) is 3. The van der Waals surface area contributed by atoms with Gasteiger partial charge in [-0.05, 0) is 30.9 Å². The van der Waals surface area contributed by atoms with Crippen LogP contribution in [0.3, 0.4) is 0 Å². The van der Waals surface area contributed by atoms with E-state index >= 15 is 0 Å². The first-order valence-corrected chi connectivity index (χ1v) is 10.6. The second kappa shape index (κ2) is 8.56. The fourth-order valence-electron chi connectivity index (χ4n) is 3.79. The second-order valence-electron chi connectivity index (χ2n) is 8.44. The Morgan fingerprint density at radius 1 is 1.26 bits per heavy atom. The zero-order valence-corrected chi connectivity index (χ0v) is 18.3. The van der Waals surface area contributed by atoms with Crippen molar-refractivity contribution in [3.05, 3.63) is 29.9 Å². The van der Waals surface area contributed by atoms with E-state index in [0.717, 1.165) is 12.8 Å². The summed E-state index contributed by atoms with van der Waals surface area (Å²) in [6.07, 6.45) is 2.27. The van der Waals surface area contributed by atoms with E-state index in [1.165, 1.54) is 0 Å². The number of nitrogens with one attached hydrogen (secondary N) is 1. The van der Waals surface area contributed by atoms with Crippen molar-refractivity contribution in [3.63, 3.8) is 0 Å². The molecule has 9 nitrogen and oxygen atoms in total. The van der Waals surface area contributed by atoms with Gasteiger partial charge in [0.25, 0.3) is 0 Å². The van der Waals surface area contributed by atoms with Crippen molar-refractivity contribution in [1.29, 1.82) is 0 Å². The molecule has 2 heterocycles. The number of rotatable bonds is 8. The zero-order chi connectivity index (χ0) is 22.1. The molecule has 2 fully saturated rings. The monoisotopic (exact) mass is 428 g/mol. The Kier molecular flexibility index (Phi) is 5.84. The Labute approximate surface area is 181 Å². The molecule has 4 rings (SSSR count). The number of amides is 2. The highest BCUT2D eigenvalue weighted by atomic mass is 16.5. The molecule has 0 bridgehead atoms. The Hall–Kier alpha value is -3.10. The van der Waals surface area contributed by atoms with E-state index in [9.17, 15) is 9.59 Å². The number of carbonyl (C=O) groups excluding carboxylic acids is 2. The summed E-state index contributed by atoms with van der Waals surface area (Å²) in [5, 5.41) is 7.08. The molecule has 1 saturated heterocycles. The van der Waals surface area contributed by atoms with Gasteiger partial charge in [0.2, 0.25) is 17.7 Å². The lowest BCUT2D eigenvalue weighted by Gasteiger charge is -2.22. The molecule has 31 heavy (non-hydrogen) atoms. The molecule has 1 aromatic heterocycles. The number of hydrogen-bond donors (Lipinski definition) is 1. The maximum absolute atomic E-state index is 13.1. The maximum atomic E-state index is 13.1. The van der Waals surface area contributed by atoms with E-state index in [-0.39, 0.29) is 30.7 Å². The van der Waals surface area contributed by atoms with Crippen LogP contribution in [0.15, 0.2) is 22.7 Å². The molecular weight excluding hydrogens is 400 g/mol. The van der Waals surface area contributed by atoms with Crippen LogP contribution in [0, 0.1) is 11.8 Å². The Bertz CT molecular complexity index is 969. The molecule has 2 aromatic rings. The molecular formula is C22H28N4O5. The van der Waals surface area contributed by atoms with Crippen LogP contribution in [0.5, 0.6) is 11.5 Å². The van der Waals surface area contributed by atoms with E-state index in [1.807, 2.05) is 13.8 Å². The van der Waals surface area contributed by atoms with Gasteiger partial charge in [-0.2, -0.15) is 4.98 Å². The van der Waals surface area contributed by atoms with Crippen LogP contribution >= 0.6 is 0 Å². The van der Waals surface area contributed by atoms with Crippen LogP contribution in [-0.4, -0.2) is 42.7 Å². The van der Waals surface area contributed by atoms with Crippen LogP contribution in [0.4, 0.5) is 5.69 Å². The normalized spacial score (nSPS) is 19.6. The lowest BCUT2D eigenvalue weighted by molar-refractivity contribution is -0.127. The zero-order valence-electron chi connectivity index (χ0n) is 18.3. The van der Waals surface area contributed by atoms with Crippen LogP contribution < -0.4 is 19.7 Å². The minimum Gasteiger partial charge on any atom is -0.497 e. The minimum atomic E-state index is -0.490. The molecule has 1 aliphatic heterocycles. The van der Waals surface area contributed by atoms with Gasteiger partial charge in [-0.3, -0.25) is 9.59 Å². The number of aromatic nitrogens is 2. The first-order valence-electron chi connectivity index (χ1n) is 10.6. The topological polar surface area (TPSA) is 107 Å². The number of ether oxygens (including phenoxy) is 2. The van der Waals surface area contributed by atoms with Gasteiger partial charge in [-0.15, -0.1) is 0 Å². The summed E-state index contributed by atoms with van der Waals surface area (Å²) in [4.78, 5) is 31.9. The Morgan fingerprint density at radius 2 is 2.03 bits per heavy atom. The summed E-state index contributed by atoms with van der Waals surface area (Å²) in [5.41, 5.74) is 0.591. The smallest absolute Gasteiger partial charge is 0.249 e. The van der Waals surface area contributed by atoms with Gasteiger partial charge < -0.3 is 24.2 Å². The third kappa shape index (κ3) is 4.35. The molecule has 1 aliphatic carbocycles. The van der Waals surface area contributed by atoms with Crippen molar-refractivity contribution in [2.75, 3.05) is 25.7 Å². The lowest BCUT2D eigenvalue weighted by atomic mass is 10.0. The number of hydrogen-bond acceptors (Lipinski definition) is 7. The summed E-state index contributed by atoms with van der Waals surface area (Å²) in [6.45, 7) is 4.23. The van der Waals surface area contributed by atoms with E-state index in [2.05, 4.69) is 15.5 Å². The van der Waals surface area contributed by atoms with Crippen LogP contribution in [0.1, 0.15) is 56.8 Å². The fraction of sp³-hybridized carbons (Fsp3) is 0.545. The van der Waals surface area contributed by atoms with Gasteiger partial charge in [-0.25, -0.2) is 0 Å². The van der Waals surface area contributed by atoms with E-state index in [0.29, 0.717) is 34.8 Å². The third-order valence-electron chi connectivity index (χ3n) is 5.80. The highest BCUT2D eigenvalue weighted by molar-refractivity contribution is 6.01. The van der Waals surface area contributed by atoms with Crippen molar-refractivity contribution < 1.29 is 23.6 Å². The molecule has 0 spiro atoms. The van der Waals surface area contributed by atoms with Gasteiger partial charge in [-0.1, -0.05) is 19.0 Å². The van der Waals surface area contributed by atoms with Gasteiger partial charge in [0.15, 0.2) is 5.82 Å². The number of benzene rings is 1. The second-order valence-corrected chi connectivity index (χ2v) is 8.44. The van der Waals surface area contributed by atoms with Crippen molar-refractivity contribution in [2.24, 2.45) is 11.8 Å². The lowest BCUT2D eigenvalue weighted by Crippen LogP contribution is -2.37. The summed E-state index contributed by atoms with van der Waals surface area (Å²) >= 11 is 0. The first-order chi connectivity index (χ1) is 14.9. The molecule has 2 atom stereocenters. The molecule has 1 saturated carbocycles. The summed E-state index contributed by atoms with van der Waals surface area (Å²) in [7, 11) is 3.11. The van der Waals surface area contributed by atoms with E-state index < -0.39 is 12.0 Å². The highest BCUT2D eigenvalue weighted by Gasteiger charge is 2.38. The Balaban J connectivity index is 1.48. The Morgan fingerprint density at radius 3 is 2.68 bits per heavy atom. The van der Waals surface area contributed by atoms with Crippen LogP contribution in [0.25, 0.3) is 0 Å². The quantitative estimate of drug-likeness (QED) is 0.689. The van der Waals surface area contributed by atoms with Crippen LogP contribution in [0.2, 0.25) is 0 Å². The van der Waals surface area contributed by atoms with Gasteiger partial charge in [0.1, 0.15) is 17.5 Å². The van der Waals surface area contributed by atoms with Crippen molar-refractivity contribution >= 4 is 17.5 Å². The molecule has 166 valence electrons. The van der Waals surface area contributed by atoms with Gasteiger partial charge in [0.05, 0.1) is 25.8 Å². The van der Waals surface area contributed by atoms with Crippen molar-refractivity contribution in [3.8, 4) is 11.5 Å². The largest absolute Gasteiger partial charge is 0.497 e. The molecule has 2 amide bonds. The molecule has 1 aromatic carbocycles.